The highest BCUT2D eigenvalue weighted by molar-refractivity contribution is 7.90. The number of nitrogens with zero attached hydrogens (tertiary/aromatic N) is 2. The van der Waals surface area contributed by atoms with Crippen molar-refractivity contribution in [3.63, 3.8) is 0 Å². The molecule has 8 heteroatoms. The van der Waals surface area contributed by atoms with E-state index in [-0.39, 0.29) is 16.8 Å². The molecule has 1 aliphatic heterocycles. The maximum Gasteiger partial charge on any atom is 0.269 e. The van der Waals surface area contributed by atoms with Gasteiger partial charge in [-0.15, -0.1) is 0 Å². The molecular formula is C19H18N4O3S. The number of anilines is 1. The van der Waals surface area contributed by atoms with E-state index < -0.39 is 15.4 Å². The molecule has 1 spiro atoms. The molecule has 3 N–H and O–H groups in total. The number of hydrogen-bond acceptors (Lipinski definition) is 5. The smallest absolute Gasteiger partial charge is 0.269 e. The zero-order chi connectivity index (χ0) is 18.8. The van der Waals surface area contributed by atoms with Gasteiger partial charge in [0.2, 0.25) is 5.91 Å². The third-order valence-electron chi connectivity index (χ3n) is 5.69. The van der Waals surface area contributed by atoms with E-state index in [4.69, 9.17) is 5.73 Å². The fourth-order valence-electron chi connectivity index (χ4n) is 4.45. The number of carbonyl (C=O) groups excluding carboxylic acids is 1. The summed E-state index contributed by atoms with van der Waals surface area (Å²) >= 11 is 0. The van der Waals surface area contributed by atoms with Crippen LogP contribution in [-0.2, 0) is 20.2 Å². The lowest BCUT2D eigenvalue weighted by molar-refractivity contribution is -0.120. The van der Waals surface area contributed by atoms with Crippen LogP contribution < -0.4 is 11.1 Å². The number of fused-ring (bicyclic) bond motifs is 4. The van der Waals surface area contributed by atoms with Crippen LogP contribution in [0.3, 0.4) is 0 Å². The molecule has 2 aliphatic rings. The van der Waals surface area contributed by atoms with Crippen LogP contribution in [0.4, 0.5) is 5.69 Å². The van der Waals surface area contributed by atoms with Gasteiger partial charge in [0.1, 0.15) is 0 Å². The molecule has 7 nitrogen and oxygen atoms in total. The van der Waals surface area contributed by atoms with Crippen LogP contribution in [0.1, 0.15) is 24.8 Å². The maximum atomic E-state index is 13.1. The SMILES string of the molecule is NC1CCC2(C1)C(=O)Nc1cnc3c(ccn3S(=O)(=O)c3ccccc3)c12. The Bertz CT molecular complexity index is 1190. The summed E-state index contributed by atoms with van der Waals surface area (Å²) < 4.78 is 27.3. The first kappa shape index (κ1) is 16.5. The highest BCUT2D eigenvalue weighted by atomic mass is 32.2. The number of rotatable bonds is 2. The molecule has 1 aromatic carbocycles. The molecule has 1 aliphatic carbocycles. The molecule has 0 radical (unpaired) electrons. The lowest BCUT2D eigenvalue weighted by Gasteiger charge is -2.21. The van der Waals surface area contributed by atoms with Gasteiger partial charge in [0.15, 0.2) is 5.65 Å². The summed E-state index contributed by atoms with van der Waals surface area (Å²) in [5, 5.41) is 3.59. The fourth-order valence-corrected chi connectivity index (χ4v) is 5.77. The predicted molar refractivity (Wildman–Crippen MR) is 101 cm³/mol. The number of amides is 1. The van der Waals surface area contributed by atoms with E-state index in [1.807, 2.05) is 0 Å². The average molecular weight is 382 g/mol. The second-order valence-corrected chi connectivity index (χ2v) is 9.07. The lowest BCUT2D eigenvalue weighted by Crippen LogP contribution is -2.33. The molecule has 1 amide bonds. The van der Waals surface area contributed by atoms with Gasteiger partial charge in [-0.05, 0) is 37.5 Å². The third kappa shape index (κ3) is 2.14. The van der Waals surface area contributed by atoms with Gasteiger partial charge >= 0.3 is 0 Å². The minimum Gasteiger partial charge on any atom is -0.328 e. The van der Waals surface area contributed by atoms with Crippen LogP contribution >= 0.6 is 0 Å². The molecule has 0 saturated heterocycles. The van der Waals surface area contributed by atoms with Crippen molar-refractivity contribution in [1.82, 2.24) is 8.96 Å². The Labute approximate surface area is 156 Å². The predicted octanol–water partition coefficient (Wildman–Crippen LogP) is 1.97. The Hall–Kier alpha value is -2.71. The van der Waals surface area contributed by atoms with E-state index in [1.165, 1.54) is 10.2 Å². The highest BCUT2D eigenvalue weighted by Gasteiger charge is 2.52. The van der Waals surface area contributed by atoms with E-state index in [2.05, 4.69) is 10.3 Å². The highest BCUT2D eigenvalue weighted by Crippen LogP contribution is 2.50. The van der Waals surface area contributed by atoms with Crippen molar-refractivity contribution in [2.45, 2.75) is 35.6 Å². The number of aromatic nitrogens is 2. The van der Waals surface area contributed by atoms with Gasteiger partial charge in [0.05, 0.1) is 22.2 Å². The van der Waals surface area contributed by atoms with Crippen molar-refractivity contribution < 1.29 is 13.2 Å². The molecule has 3 heterocycles. The van der Waals surface area contributed by atoms with Gasteiger partial charge in [-0.1, -0.05) is 18.2 Å². The van der Waals surface area contributed by atoms with Crippen molar-refractivity contribution in [3.05, 3.63) is 54.4 Å². The largest absolute Gasteiger partial charge is 0.328 e. The Morgan fingerprint density at radius 2 is 2.00 bits per heavy atom. The van der Waals surface area contributed by atoms with Gasteiger partial charge in [-0.25, -0.2) is 17.4 Å². The zero-order valence-corrected chi connectivity index (χ0v) is 15.2. The molecule has 3 aromatic rings. The van der Waals surface area contributed by atoms with Crippen molar-refractivity contribution in [2.75, 3.05) is 5.32 Å². The molecular weight excluding hydrogens is 364 g/mol. The number of nitrogens with one attached hydrogen (secondary N) is 1. The third-order valence-corrected chi connectivity index (χ3v) is 7.38. The minimum atomic E-state index is -3.77. The molecule has 0 bridgehead atoms. The van der Waals surface area contributed by atoms with Gasteiger partial charge in [-0.3, -0.25) is 4.79 Å². The quantitative estimate of drug-likeness (QED) is 0.705. The minimum absolute atomic E-state index is 0.0416. The standard InChI is InChI=1S/C19H18N4O3S/c20-12-6-8-19(10-12)16-14-7-9-23(17(14)21-11-15(16)22-18(19)24)27(25,26)13-4-2-1-3-5-13/h1-5,7,9,11-12H,6,8,10,20H2,(H,22,24). The molecule has 2 aromatic heterocycles. The Morgan fingerprint density at radius 1 is 1.22 bits per heavy atom. The fraction of sp³-hybridized carbons (Fsp3) is 0.263. The Kier molecular flexibility index (Phi) is 3.29. The molecule has 2 unspecified atom stereocenters. The molecule has 5 rings (SSSR count). The molecule has 1 saturated carbocycles. The van der Waals surface area contributed by atoms with Gasteiger partial charge in [0, 0.05) is 23.2 Å². The van der Waals surface area contributed by atoms with Crippen molar-refractivity contribution in [3.8, 4) is 0 Å². The van der Waals surface area contributed by atoms with Crippen LogP contribution in [0, 0.1) is 0 Å². The molecule has 138 valence electrons. The van der Waals surface area contributed by atoms with Crippen LogP contribution in [0.15, 0.2) is 53.7 Å². The van der Waals surface area contributed by atoms with E-state index >= 15 is 0 Å². The van der Waals surface area contributed by atoms with Gasteiger partial charge in [-0.2, -0.15) is 0 Å². The number of carbonyl (C=O) groups is 1. The molecule has 27 heavy (non-hydrogen) atoms. The molecule has 2 atom stereocenters. The number of nitrogens with two attached hydrogens (primary N) is 1. The number of hydrogen-bond donors (Lipinski definition) is 2. The maximum absolute atomic E-state index is 13.1. The van der Waals surface area contributed by atoms with E-state index in [0.717, 1.165) is 12.0 Å². The van der Waals surface area contributed by atoms with Crippen LogP contribution in [0.25, 0.3) is 11.0 Å². The summed E-state index contributed by atoms with van der Waals surface area (Å²) in [4.78, 5) is 17.3. The van der Waals surface area contributed by atoms with Crippen molar-refractivity contribution in [2.24, 2.45) is 5.73 Å². The van der Waals surface area contributed by atoms with Crippen LogP contribution in [-0.4, -0.2) is 29.3 Å². The first-order valence-electron chi connectivity index (χ1n) is 8.82. The normalized spacial score (nSPS) is 24.5. The summed E-state index contributed by atoms with van der Waals surface area (Å²) in [6.07, 6.45) is 5.03. The number of benzene rings is 1. The van der Waals surface area contributed by atoms with Crippen LogP contribution in [0.2, 0.25) is 0 Å². The van der Waals surface area contributed by atoms with E-state index in [9.17, 15) is 13.2 Å². The summed E-state index contributed by atoms with van der Waals surface area (Å²) in [5.74, 6) is -0.0709. The monoisotopic (exact) mass is 382 g/mol. The van der Waals surface area contributed by atoms with Gasteiger partial charge < -0.3 is 11.1 Å². The van der Waals surface area contributed by atoms with Crippen LogP contribution in [0.5, 0.6) is 0 Å². The first-order chi connectivity index (χ1) is 12.9. The lowest BCUT2D eigenvalue weighted by atomic mass is 9.79. The summed E-state index contributed by atoms with van der Waals surface area (Å²) in [6.45, 7) is 0. The summed E-state index contributed by atoms with van der Waals surface area (Å²) in [6, 6.07) is 9.92. The topological polar surface area (TPSA) is 107 Å². The summed E-state index contributed by atoms with van der Waals surface area (Å²) in [5.41, 5.74) is 7.21. The number of pyridine rings is 1. The Morgan fingerprint density at radius 3 is 2.70 bits per heavy atom. The van der Waals surface area contributed by atoms with E-state index in [0.29, 0.717) is 29.6 Å². The average Bonchev–Trinajstić information content (AvgIpc) is 3.33. The summed E-state index contributed by atoms with van der Waals surface area (Å²) in [7, 11) is -3.77. The Balaban J connectivity index is 1.75. The second-order valence-electron chi connectivity index (χ2n) is 7.25. The van der Waals surface area contributed by atoms with Gasteiger partial charge in [0.25, 0.3) is 10.0 Å². The zero-order valence-electron chi connectivity index (χ0n) is 14.4. The first-order valence-corrected chi connectivity index (χ1v) is 10.3. The van der Waals surface area contributed by atoms with E-state index in [1.54, 1.807) is 42.6 Å². The molecule has 1 fully saturated rings. The van der Waals surface area contributed by atoms with Crippen molar-refractivity contribution in [1.29, 1.82) is 0 Å². The van der Waals surface area contributed by atoms with Crippen molar-refractivity contribution >= 4 is 32.7 Å². The second kappa shape index (κ2) is 5.40.